The molecule has 1 aliphatic rings. The second-order valence-electron chi connectivity index (χ2n) is 16.2. The van der Waals surface area contributed by atoms with Gasteiger partial charge in [-0.2, -0.15) is 0 Å². The molecule has 0 unspecified atom stereocenters. The molecule has 1 aliphatic carbocycles. The van der Waals surface area contributed by atoms with Gasteiger partial charge in [0.15, 0.2) is 11.2 Å². The first-order valence-corrected chi connectivity index (χ1v) is 22.5. The fraction of sp³-hybridized carbons (Fsp3) is 0.455. The van der Waals surface area contributed by atoms with E-state index in [1.165, 1.54) is 0 Å². The van der Waals surface area contributed by atoms with E-state index in [1.807, 2.05) is 24.3 Å². The summed E-state index contributed by atoms with van der Waals surface area (Å²) in [5, 5.41) is 30.7. The van der Waals surface area contributed by atoms with Crippen LogP contribution < -0.4 is 0 Å². The van der Waals surface area contributed by atoms with Crippen molar-refractivity contribution in [2.75, 3.05) is 0 Å². The van der Waals surface area contributed by atoms with Gasteiger partial charge in [0.05, 0.1) is 0 Å². The summed E-state index contributed by atoms with van der Waals surface area (Å²) >= 11 is 0. The van der Waals surface area contributed by atoms with Gasteiger partial charge in [0.25, 0.3) is 0 Å². The monoisotopic (exact) mass is 672 g/mol. The van der Waals surface area contributed by atoms with Crippen LogP contribution in [0, 0.1) is 22.9 Å². The smallest absolute Gasteiger partial charge is 0.177 e. The van der Waals surface area contributed by atoms with Gasteiger partial charge in [0.1, 0.15) is 16.1 Å². The maximum Gasteiger partial charge on any atom is 0.177 e. The maximum atomic E-state index is 13.3. The molecule has 0 fully saturated rings. The number of aliphatic hydroxyl groups is 2. The Morgan fingerprint density at radius 3 is 0.812 bits per heavy atom. The minimum atomic E-state index is -2.23. The molecule has 252 valence electrons. The summed E-state index contributed by atoms with van der Waals surface area (Å²) in [6.45, 7) is 27.6. The van der Waals surface area contributed by atoms with Gasteiger partial charge in [-0.3, -0.25) is 0 Å². The first-order valence-electron chi connectivity index (χ1n) is 18.1. The maximum absolute atomic E-state index is 13.3. The van der Waals surface area contributed by atoms with Gasteiger partial charge in [0.2, 0.25) is 0 Å². The SMILES string of the molecule is CC(C)[Si](C#CC1(O)c2cc3ccccc3cc2C(O)(C#C[Si](C(C)C)(C(C)C)C(C)C)c2cc3ccccc3cc21)(C(C)C)C(C)C. The average molecular weight is 673 g/mol. The van der Waals surface area contributed by atoms with Crippen LogP contribution in [0.25, 0.3) is 21.5 Å². The molecule has 5 rings (SSSR count). The van der Waals surface area contributed by atoms with Crippen LogP contribution in [0.4, 0.5) is 0 Å². The van der Waals surface area contributed by atoms with Gasteiger partial charge in [-0.25, -0.2) is 0 Å². The fourth-order valence-electron chi connectivity index (χ4n) is 9.50. The lowest BCUT2D eigenvalue weighted by molar-refractivity contribution is 0.0950. The normalized spacial score (nSPS) is 19.6. The summed E-state index contributed by atoms with van der Waals surface area (Å²) in [5.74, 6) is 7.21. The van der Waals surface area contributed by atoms with E-state index < -0.39 is 27.3 Å². The first-order chi connectivity index (χ1) is 22.5. The number of rotatable bonds is 6. The first kappa shape index (κ1) is 36.2. The van der Waals surface area contributed by atoms with Crippen LogP contribution in [0.1, 0.15) is 105 Å². The lowest BCUT2D eigenvalue weighted by Crippen LogP contribution is -2.46. The van der Waals surface area contributed by atoms with Gasteiger partial charge in [0, 0.05) is 22.3 Å². The van der Waals surface area contributed by atoms with E-state index in [1.54, 1.807) is 0 Å². The molecule has 0 amide bonds. The van der Waals surface area contributed by atoms with Crippen molar-refractivity contribution in [1.82, 2.24) is 0 Å². The van der Waals surface area contributed by atoms with E-state index in [9.17, 15) is 10.2 Å². The van der Waals surface area contributed by atoms with Crippen LogP contribution in [0.15, 0.2) is 72.8 Å². The highest BCUT2D eigenvalue weighted by Crippen LogP contribution is 2.51. The molecule has 2 N–H and O–H groups in total. The van der Waals surface area contributed by atoms with E-state index in [4.69, 9.17) is 0 Å². The van der Waals surface area contributed by atoms with Crippen LogP contribution in [0.2, 0.25) is 33.2 Å². The average Bonchev–Trinajstić information content (AvgIpc) is 3.02. The van der Waals surface area contributed by atoms with Crippen molar-refractivity contribution >= 4 is 37.7 Å². The second-order valence-corrected chi connectivity index (χ2v) is 27.4. The molecule has 0 bridgehead atoms. The van der Waals surface area contributed by atoms with Gasteiger partial charge in [-0.1, -0.05) is 143 Å². The predicted molar refractivity (Wildman–Crippen MR) is 212 cm³/mol. The molecule has 4 aromatic carbocycles. The van der Waals surface area contributed by atoms with E-state index in [2.05, 4.69) is 155 Å². The highest BCUT2D eigenvalue weighted by atomic mass is 28.3. The zero-order valence-electron chi connectivity index (χ0n) is 31.3. The van der Waals surface area contributed by atoms with Crippen LogP contribution in [-0.2, 0) is 11.2 Å². The fourth-order valence-corrected chi connectivity index (χ4v) is 20.0. The molecule has 2 nitrogen and oxygen atoms in total. The second kappa shape index (κ2) is 13.0. The zero-order valence-corrected chi connectivity index (χ0v) is 33.3. The van der Waals surface area contributed by atoms with Crippen molar-refractivity contribution in [3.63, 3.8) is 0 Å². The minimum Gasteiger partial charge on any atom is -0.369 e. The number of hydrogen-bond donors (Lipinski definition) is 2. The Morgan fingerprint density at radius 2 is 0.625 bits per heavy atom. The van der Waals surface area contributed by atoms with Crippen LogP contribution >= 0.6 is 0 Å². The Morgan fingerprint density at radius 1 is 0.417 bits per heavy atom. The van der Waals surface area contributed by atoms with Crippen molar-refractivity contribution in [3.05, 3.63) is 95.1 Å². The van der Waals surface area contributed by atoms with Crippen LogP contribution in [0.5, 0.6) is 0 Å². The number of hydrogen-bond acceptors (Lipinski definition) is 2. The number of fused-ring (bicyclic) bond motifs is 4. The molecule has 0 spiro atoms. The van der Waals surface area contributed by atoms with Crippen molar-refractivity contribution in [2.45, 2.75) is 128 Å². The van der Waals surface area contributed by atoms with Crippen molar-refractivity contribution in [1.29, 1.82) is 0 Å². The summed E-state index contributed by atoms with van der Waals surface area (Å²) in [7, 11) is -4.46. The van der Waals surface area contributed by atoms with E-state index >= 15 is 0 Å². The van der Waals surface area contributed by atoms with Crippen molar-refractivity contribution < 1.29 is 10.2 Å². The highest BCUT2D eigenvalue weighted by Gasteiger charge is 2.51. The topological polar surface area (TPSA) is 40.5 Å². The molecular formula is C44H56O2Si2. The van der Waals surface area contributed by atoms with Crippen LogP contribution in [-0.4, -0.2) is 26.4 Å². The van der Waals surface area contributed by atoms with E-state index in [0.717, 1.165) is 21.5 Å². The largest absolute Gasteiger partial charge is 0.369 e. The summed E-state index contributed by atoms with van der Waals surface area (Å²) < 4.78 is 0. The minimum absolute atomic E-state index is 0.410. The molecule has 48 heavy (non-hydrogen) atoms. The highest BCUT2D eigenvalue weighted by molar-refractivity contribution is 6.91. The van der Waals surface area contributed by atoms with Gasteiger partial charge >= 0.3 is 0 Å². The molecule has 0 aliphatic heterocycles. The molecule has 0 saturated carbocycles. The quantitative estimate of drug-likeness (QED) is 0.158. The van der Waals surface area contributed by atoms with Crippen molar-refractivity contribution in [3.8, 4) is 22.9 Å². The lowest BCUT2D eigenvalue weighted by Gasteiger charge is -2.43. The Hall–Kier alpha value is -3.13. The third-order valence-corrected chi connectivity index (χ3v) is 24.6. The molecule has 0 radical (unpaired) electrons. The molecule has 0 heterocycles. The lowest BCUT2D eigenvalue weighted by atomic mass is 9.67. The molecule has 4 heteroatoms. The Bertz CT molecular complexity index is 1690. The van der Waals surface area contributed by atoms with E-state index in [-0.39, 0.29) is 0 Å². The zero-order chi connectivity index (χ0) is 35.4. The summed E-state index contributed by atoms with van der Waals surface area (Å²) in [5.41, 5.74) is 9.50. The third-order valence-electron chi connectivity index (χ3n) is 12.0. The third kappa shape index (κ3) is 5.50. The Kier molecular flexibility index (Phi) is 9.77. The Balaban J connectivity index is 1.98. The molecule has 0 aromatic heterocycles. The van der Waals surface area contributed by atoms with Gasteiger partial charge in [-0.15, -0.1) is 11.1 Å². The molecule has 4 aromatic rings. The van der Waals surface area contributed by atoms with Crippen molar-refractivity contribution in [2.24, 2.45) is 0 Å². The number of benzene rings is 4. The van der Waals surface area contributed by atoms with Gasteiger partial charge in [-0.05, 0) is 79.1 Å². The Labute approximate surface area is 292 Å². The van der Waals surface area contributed by atoms with E-state index in [0.29, 0.717) is 55.5 Å². The summed E-state index contributed by atoms with van der Waals surface area (Å²) in [6.07, 6.45) is 0. The summed E-state index contributed by atoms with van der Waals surface area (Å²) in [6, 6.07) is 24.7. The van der Waals surface area contributed by atoms with Crippen LogP contribution in [0.3, 0.4) is 0 Å². The van der Waals surface area contributed by atoms with Gasteiger partial charge < -0.3 is 10.2 Å². The predicted octanol–water partition coefficient (Wildman–Crippen LogP) is 11.2. The molecular weight excluding hydrogens is 617 g/mol. The standard InChI is InChI=1S/C44H56O2Si2/c1-29(2)47(30(3)4,31(5)6)23-21-43(45)39-25-35-17-13-15-19-37(35)27-41(39)44(46,22-24-48(32(7)8,33(9)10)34(11)12)42-28-38-20-16-14-18-36(38)26-40(42)43/h13-20,25-34,45-46H,1-12H3. The molecule has 0 atom stereocenters. The summed E-state index contributed by atoms with van der Waals surface area (Å²) in [4.78, 5) is 0. The molecule has 0 saturated heterocycles.